The maximum atomic E-state index is 12.0. The summed E-state index contributed by atoms with van der Waals surface area (Å²) in [6, 6.07) is 12.2. The second kappa shape index (κ2) is 6.85. The second-order valence-electron chi connectivity index (χ2n) is 4.88. The van der Waals surface area contributed by atoms with E-state index in [4.69, 9.17) is 0 Å². The zero-order chi connectivity index (χ0) is 15.2. The molecule has 3 N–H and O–H groups in total. The Hall–Kier alpha value is -2.40. The monoisotopic (exact) mass is 285 g/mol. The molecule has 0 aliphatic heterocycles. The van der Waals surface area contributed by atoms with Crippen LogP contribution in [0.15, 0.2) is 48.7 Å². The third-order valence-electron chi connectivity index (χ3n) is 3.11. The maximum absolute atomic E-state index is 12.0. The van der Waals surface area contributed by atoms with Gasteiger partial charge in [-0.3, -0.25) is 4.98 Å². The summed E-state index contributed by atoms with van der Waals surface area (Å²) >= 11 is 0. The molecule has 2 unspecified atom stereocenters. The lowest BCUT2D eigenvalue weighted by Gasteiger charge is -2.14. The second-order valence-corrected chi connectivity index (χ2v) is 4.88. The van der Waals surface area contributed by atoms with Crippen LogP contribution in [-0.4, -0.2) is 16.1 Å². The summed E-state index contributed by atoms with van der Waals surface area (Å²) in [6.45, 7) is 3.55. The van der Waals surface area contributed by atoms with Gasteiger partial charge < -0.3 is 15.7 Å². The van der Waals surface area contributed by atoms with Gasteiger partial charge in [-0.15, -0.1) is 0 Å². The van der Waals surface area contributed by atoms with Crippen LogP contribution in [0, 0.1) is 0 Å². The highest BCUT2D eigenvalue weighted by atomic mass is 16.3. The highest BCUT2D eigenvalue weighted by Gasteiger charge is 2.10. The molecule has 1 aromatic heterocycles. The van der Waals surface area contributed by atoms with Gasteiger partial charge in [0.1, 0.15) is 0 Å². The lowest BCUT2D eigenvalue weighted by molar-refractivity contribution is 0.199. The van der Waals surface area contributed by atoms with Gasteiger partial charge in [0.05, 0.1) is 17.8 Å². The van der Waals surface area contributed by atoms with Crippen LogP contribution in [0.2, 0.25) is 0 Å². The Morgan fingerprint density at radius 1 is 1.19 bits per heavy atom. The first kappa shape index (κ1) is 15.0. The molecule has 2 aromatic rings. The number of hydrogen-bond acceptors (Lipinski definition) is 3. The predicted molar refractivity (Wildman–Crippen MR) is 81.9 cm³/mol. The fraction of sp³-hybridized carbons (Fsp3) is 0.250. The number of carbonyl (C=O) groups is 1. The minimum Gasteiger partial charge on any atom is -0.389 e. The summed E-state index contributed by atoms with van der Waals surface area (Å²) in [5.41, 5.74) is 2.19. The third-order valence-corrected chi connectivity index (χ3v) is 3.11. The summed E-state index contributed by atoms with van der Waals surface area (Å²) < 4.78 is 0. The summed E-state index contributed by atoms with van der Waals surface area (Å²) in [4.78, 5) is 16.2. The average molecular weight is 285 g/mol. The van der Waals surface area contributed by atoms with Crippen molar-refractivity contribution in [3.8, 4) is 0 Å². The van der Waals surface area contributed by atoms with Gasteiger partial charge >= 0.3 is 6.03 Å². The number of rotatable bonds is 4. The van der Waals surface area contributed by atoms with Gasteiger partial charge in [0.25, 0.3) is 0 Å². The molecular formula is C16H19N3O2. The van der Waals surface area contributed by atoms with Gasteiger partial charge in [-0.05, 0) is 43.7 Å². The summed E-state index contributed by atoms with van der Waals surface area (Å²) in [6.07, 6.45) is 1.12. The topological polar surface area (TPSA) is 74.2 Å². The Balaban J connectivity index is 1.97. The maximum Gasteiger partial charge on any atom is 0.319 e. The molecule has 5 heteroatoms. The van der Waals surface area contributed by atoms with E-state index >= 15 is 0 Å². The highest BCUT2D eigenvalue weighted by Crippen LogP contribution is 2.17. The molecule has 2 amide bonds. The van der Waals surface area contributed by atoms with Crippen molar-refractivity contribution in [2.24, 2.45) is 0 Å². The number of pyridine rings is 1. The number of anilines is 1. The van der Waals surface area contributed by atoms with Gasteiger partial charge in [-0.2, -0.15) is 0 Å². The molecule has 0 aliphatic rings. The van der Waals surface area contributed by atoms with Gasteiger partial charge in [-0.1, -0.05) is 18.2 Å². The van der Waals surface area contributed by atoms with Crippen LogP contribution in [0.5, 0.6) is 0 Å². The van der Waals surface area contributed by atoms with Crippen molar-refractivity contribution >= 4 is 11.7 Å². The van der Waals surface area contributed by atoms with E-state index < -0.39 is 6.10 Å². The molecule has 110 valence electrons. The summed E-state index contributed by atoms with van der Waals surface area (Å²) in [7, 11) is 0. The van der Waals surface area contributed by atoms with E-state index in [1.165, 1.54) is 0 Å². The van der Waals surface area contributed by atoms with E-state index in [1.807, 2.05) is 31.2 Å². The number of nitrogens with zero attached hydrogens (tertiary/aromatic N) is 1. The quantitative estimate of drug-likeness (QED) is 0.808. The van der Waals surface area contributed by atoms with Gasteiger partial charge in [-0.25, -0.2) is 4.79 Å². The van der Waals surface area contributed by atoms with E-state index in [0.717, 1.165) is 11.3 Å². The number of nitrogens with one attached hydrogen (secondary N) is 2. The van der Waals surface area contributed by atoms with Crippen LogP contribution in [0.3, 0.4) is 0 Å². The number of benzene rings is 1. The number of amides is 2. The Morgan fingerprint density at radius 3 is 2.67 bits per heavy atom. The Morgan fingerprint density at radius 2 is 2.00 bits per heavy atom. The van der Waals surface area contributed by atoms with Crippen molar-refractivity contribution in [2.45, 2.75) is 26.0 Å². The Bertz CT molecular complexity index is 599. The molecule has 2 atom stereocenters. The van der Waals surface area contributed by atoms with Crippen LogP contribution in [-0.2, 0) is 0 Å². The van der Waals surface area contributed by atoms with E-state index in [9.17, 15) is 9.90 Å². The number of aliphatic hydroxyl groups is 1. The van der Waals surface area contributed by atoms with E-state index in [1.54, 1.807) is 31.3 Å². The van der Waals surface area contributed by atoms with Gasteiger partial charge in [0.2, 0.25) is 0 Å². The van der Waals surface area contributed by atoms with Crippen molar-refractivity contribution in [1.82, 2.24) is 10.3 Å². The van der Waals surface area contributed by atoms with Crippen molar-refractivity contribution in [1.29, 1.82) is 0 Å². The molecule has 2 rings (SSSR count). The molecule has 21 heavy (non-hydrogen) atoms. The standard InChI is InChI=1S/C16H19N3O2/c1-11(15-8-3-4-9-17-15)18-16(21)19-14-7-5-6-13(10-14)12(2)20/h3-12,20H,1-2H3,(H2,18,19,21). The van der Waals surface area contributed by atoms with Crippen molar-refractivity contribution in [3.63, 3.8) is 0 Å². The van der Waals surface area contributed by atoms with Gasteiger partial charge in [0.15, 0.2) is 0 Å². The molecule has 1 heterocycles. The third kappa shape index (κ3) is 4.29. The molecule has 1 aromatic carbocycles. The molecule has 0 bridgehead atoms. The Labute approximate surface area is 124 Å². The van der Waals surface area contributed by atoms with Gasteiger partial charge in [0, 0.05) is 11.9 Å². The lowest BCUT2D eigenvalue weighted by Crippen LogP contribution is -2.31. The molecule has 5 nitrogen and oxygen atoms in total. The number of aromatic nitrogens is 1. The van der Waals surface area contributed by atoms with Crippen molar-refractivity contribution in [2.75, 3.05) is 5.32 Å². The van der Waals surface area contributed by atoms with E-state index in [0.29, 0.717) is 5.69 Å². The van der Waals surface area contributed by atoms with E-state index in [2.05, 4.69) is 15.6 Å². The molecule has 0 radical (unpaired) electrons. The molecule has 0 saturated carbocycles. The largest absolute Gasteiger partial charge is 0.389 e. The van der Waals surface area contributed by atoms with Crippen molar-refractivity contribution in [3.05, 3.63) is 59.9 Å². The molecule has 0 fully saturated rings. The van der Waals surface area contributed by atoms with Crippen LogP contribution < -0.4 is 10.6 Å². The first-order valence-corrected chi connectivity index (χ1v) is 6.82. The zero-order valence-corrected chi connectivity index (χ0v) is 12.1. The first-order chi connectivity index (χ1) is 10.1. The number of aliphatic hydroxyl groups excluding tert-OH is 1. The number of carbonyl (C=O) groups excluding carboxylic acids is 1. The normalized spacial score (nSPS) is 13.3. The van der Waals surface area contributed by atoms with E-state index in [-0.39, 0.29) is 12.1 Å². The predicted octanol–water partition coefficient (Wildman–Crippen LogP) is 3.02. The smallest absolute Gasteiger partial charge is 0.319 e. The molecule has 0 saturated heterocycles. The molecular weight excluding hydrogens is 266 g/mol. The Kier molecular flexibility index (Phi) is 4.90. The molecule has 0 spiro atoms. The molecule has 0 aliphatic carbocycles. The number of hydrogen-bond donors (Lipinski definition) is 3. The van der Waals surface area contributed by atoms with Crippen molar-refractivity contribution < 1.29 is 9.90 Å². The lowest BCUT2D eigenvalue weighted by atomic mass is 10.1. The van der Waals surface area contributed by atoms with Crippen LogP contribution in [0.1, 0.15) is 37.3 Å². The fourth-order valence-corrected chi connectivity index (χ4v) is 1.95. The zero-order valence-electron chi connectivity index (χ0n) is 12.1. The summed E-state index contributed by atoms with van der Waals surface area (Å²) in [5, 5.41) is 15.1. The van der Waals surface area contributed by atoms with Crippen LogP contribution in [0.25, 0.3) is 0 Å². The minimum atomic E-state index is -0.567. The summed E-state index contributed by atoms with van der Waals surface area (Å²) in [5.74, 6) is 0. The highest BCUT2D eigenvalue weighted by molar-refractivity contribution is 5.89. The van der Waals surface area contributed by atoms with Crippen LogP contribution in [0.4, 0.5) is 10.5 Å². The minimum absolute atomic E-state index is 0.189. The average Bonchev–Trinajstić information content (AvgIpc) is 2.48. The fourth-order valence-electron chi connectivity index (χ4n) is 1.95. The SMILES string of the molecule is CC(O)c1cccc(NC(=O)NC(C)c2ccccn2)c1. The van der Waals surface area contributed by atoms with Crippen LogP contribution >= 0.6 is 0 Å². The first-order valence-electron chi connectivity index (χ1n) is 6.82. The number of urea groups is 1.